The number of halogens is 4. The summed E-state index contributed by atoms with van der Waals surface area (Å²) in [5.74, 6) is -1.45. The van der Waals surface area contributed by atoms with Crippen molar-refractivity contribution in [3.05, 3.63) is 34.7 Å². The van der Waals surface area contributed by atoms with Gasteiger partial charge in [-0.3, -0.25) is 4.79 Å². The van der Waals surface area contributed by atoms with Crippen LogP contribution in [0.4, 0.5) is 13.2 Å². The second kappa shape index (κ2) is 8.60. The molecule has 1 amide bonds. The van der Waals surface area contributed by atoms with E-state index in [1.807, 2.05) is 0 Å². The Balaban J connectivity index is 2.00. The van der Waals surface area contributed by atoms with Crippen molar-refractivity contribution in [2.45, 2.75) is 22.4 Å². The first-order valence-corrected chi connectivity index (χ1v) is 10.7. The van der Waals surface area contributed by atoms with Gasteiger partial charge in [-0.15, -0.1) is 11.3 Å². The van der Waals surface area contributed by atoms with Gasteiger partial charge in [0.25, 0.3) is 10.0 Å². The second-order valence-electron chi connectivity index (χ2n) is 6.14. The monoisotopic (exact) mass is 474 g/mol. The van der Waals surface area contributed by atoms with Crippen molar-refractivity contribution in [3.63, 3.8) is 0 Å². The molecule has 2 heterocycles. The Hall–Kier alpha value is -1.67. The number of carbonyl (C=O) groups is 1. The number of nitrogens with one attached hydrogen (secondary N) is 1. The van der Waals surface area contributed by atoms with Crippen LogP contribution in [0.2, 0.25) is 4.34 Å². The van der Waals surface area contributed by atoms with Gasteiger partial charge in [0.15, 0.2) is 0 Å². The first kappa shape index (κ1) is 23.6. The molecule has 0 spiro atoms. The first-order valence-electron chi connectivity index (χ1n) is 8.04. The molecular formula is C15H18ClF3N4O4S2. The third kappa shape index (κ3) is 5.09. The number of sulfonamides is 1. The van der Waals surface area contributed by atoms with Crippen molar-refractivity contribution < 1.29 is 31.5 Å². The first-order chi connectivity index (χ1) is 13.3. The number of hydrogen-bond acceptors (Lipinski definition) is 6. The molecule has 8 nitrogen and oxygen atoms in total. The van der Waals surface area contributed by atoms with E-state index >= 15 is 0 Å². The minimum Gasteiger partial charge on any atom is -0.374 e. The average Bonchev–Trinajstić information content (AvgIpc) is 3.22. The fourth-order valence-electron chi connectivity index (χ4n) is 2.46. The minimum absolute atomic E-state index is 0.0703. The number of alkyl halides is 3. The van der Waals surface area contributed by atoms with Crippen molar-refractivity contribution in [2.75, 3.05) is 20.1 Å². The van der Waals surface area contributed by atoms with Crippen LogP contribution in [0.1, 0.15) is 12.2 Å². The van der Waals surface area contributed by atoms with Crippen molar-refractivity contribution in [1.29, 1.82) is 0 Å². The maximum atomic E-state index is 13.4. The minimum atomic E-state index is -5.03. The van der Waals surface area contributed by atoms with E-state index in [0.29, 0.717) is 0 Å². The van der Waals surface area contributed by atoms with Gasteiger partial charge in [-0.05, 0) is 12.1 Å². The Labute approximate surface area is 174 Å². The van der Waals surface area contributed by atoms with Crippen LogP contribution in [0.3, 0.4) is 0 Å². The van der Waals surface area contributed by atoms with Crippen molar-refractivity contribution in [3.8, 4) is 0 Å². The van der Waals surface area contributed by atoms with Crippen LogP contribution in [-0.2, 0) is 27.5 Å². The summed E-state index contributed by atoms with van der Waals surface area (Å²) in [5.41, 5.74) is -3.27. The van der Waals surface area contributed by atoms with E-state index in [1.54, 1.807) is 0 Å². The summed E-state index contributed by atoms with van der Waals surface area (Å²) >= 11 is 6.52. The van der Waals surface area contributed by atoms with Gasteiger partial charge in [-0.25, -0.2) is 13.4 Å². The van der Waals surface area contributed by atoms with Crippen LogP contribution >= 0.6 is 22.9 Å². The molecule has 2 aromatic rings. The average molecular weight is 475 g/mol. The van der Waals surface area contributed by atoms with E-state index in [4.69, 9.17) is 11.6 Å². The van der Waals surface area contributed by atoms with E-state index in [0.717, 1.165) is 33.5 Å². The van der Waals surface area contributed by atoms with Gasteiger partial charge in [0.1, 0.15) is 10.0 Å². The Bertz CT molecular complexity index is 976. The highest BCUT2D eigenvalue weighted by Crippen LogP contribution is 2.40. The van der Waals surface area contributed by atoms with Gasteiger partial charge in [-0.1, -0.05) is 11.6 Å². The number of aliphatic hydroxyl groups is 1. The number of aryl methyl sites for hydroxylation is 1. The second-order valence-corrected chi connectivity index (χ2v) is 10.1. The molecule has 0 saturated carbocycles. The van der Waals surface area contributed by atoms with Gasteiger partial charge in [0, 0.05) is 39.5 Å². The van der Waals surface area contributed by atoms with Crippen LogP contribution < -0.4 is 5.32 Å². The van der Waals surface area contributed by atoms with Crippen molar-refractivity contribution in [1.82, 2.24) is 19.2 Å². The smallest absolute Gasteiger partial charge is 0.374 e. The van der Waals surface area contributed by atoms with E-state index < -0.39 is 53.0 Å². The summed E-state index contributed by atoms with van der Waals surface area (Å²) in [4.78, 5) is 15.6. The highest BCUT2D eigenvalue weighted by molar-refractivity contribution is 7.91. The summed E-state index contributed by atoms with van der Waals surface area (Å²) in [7, 11) is -1.51. The summed E-state index contributed by atoms with van der Waals surface area (Å²) in [6, 6.07) is 2.68. The third-order valence-corrected chi connectivity index (χ3v) is 7.55. The molecule has 162 valence electrons. The lowest BCUT2D eigenvalue weighted by Gasteiger charge is -2.30. The molecule has 0 saturated heterocycles. The SMILES string of the molecule is CN(CC(=O)NCCC(O)(c1nccn1C)C(F)(F)F)S(=O)(=O)c1ccc(Cl)s1. The van der Waals surface area contributed by atoms with Crippen LogP contribution in [0.5, 0.6) is 0 Å². The molecule has 0 aliphatic carbocycles. The maximum Gasteiger partial charge on any atom is 0.424 e. The van der Waals surface area contributed by atoms with Gasteiger partial charge in [0.05, 0.1) is 10.9 Å². The van der Waals surface area contributed by atoms with Gasteiger partial charge in [0.2, 0.25) is 11.5 Å². The van der Waals surface area contributed by atoms with Crippen LogP contribution in [0.25, 0.3) is 0 Å². The molecule has 1 unspecified atom stereocenters. The molecule has 0 bridgehead atoms. The van der Waals surface area contributed by atoms with Crippen LogP contribution in [-0.4, -0.2) is 59.6 Å². The number of nitrogens with zero attached hydrogens (tertiary/aromatic N) is 3. The molecule has 2 rings (SSSR count). The topological polar surface area (TPSA) is 105 Å². The van der Waals surface area contributed by atoms with E-state index in [1.165, 1.54) is 25.4 Å². The molecule has 1 atom stereocenters. The fraction of sp³-hybridized carbons (Fsp3) is 0.467. The number of amides is 1. The Morgan fingerprint density at radius 2 is 2.07 bits per heavy atom. The number of aromatic nitrogens is 2. The number of carbonyl (C=O) groups excluding carboxylic acids is 1. The zero-order valence-electron chi connectivity index (χ0n) is 15.3. The highest BCUT2D eigenvalue weighted by Gasteiger charge is 2.57. The molecule has 0 aromatic carbocycles. The molecule has 14 heteroatoms. The predicted octanol–water partition coefficient (Wildman–Crippen LogP) is 1.71. The van der Waals surface area contributed by atoms with Crippen molar-refractivity contribution >= 4 is 38.9 Å². The third-order valence-electron chi connectivity index (χ3n) is 4.05. The summed E-state index contributed by atoms with van der Waals surface area (Å²) in [6.45, 7) is -1.18. The number of thiophene rings is 1. The van der Waals surface area contributed by atoms with Crippen LogP contribution in [0, 0.1) is 0 Å². The number of likely N-dealkylation sites (N-methyl/N-ethyl adjacent to an activating group) is 1. The molecule has 29 heavy (non-hydrogen) atoms. The number of hydrogen-bond donors (Lipinski definition) is 2. The van der Waals surface area contributed by atoms with Crippen LogP contribution in [0.15, 0.2) is 28.7 Å². The van der Waals surface area contributed by atoms with Gasteiger partial charge < -0.3 is 15.0 Å². The zero-order valence-corrected chi connectivity index (χ0v) is 17.7. The number of imidazole rings is 1. The highest BCUT2D eigenvalue weighted by atomic mass is 35.5. The lowest BCUT2D eigenvalue weighted by molar-refractivity contribution is -0.272. The zero-order chi connectivity index (χ0) is 22.0. The number of rotatable bonds is 8. The molecule has 0 fully saturated rings. The molecule has 2 N–H and O–H groups in total. The molecule has 0 aliphatic rings. The quantitative estimate of drug-likeness (QED) is 0.606. The molecule has 0 radical (unpaired) electrons. The summed E-state index contributed by atoms with van der Waals surface area (Å²) < 4.78 is 66.9. The molecule has 2 aromatic heterocycles. The maximum absolute atomic E-state index is 13.4. The standard InChI is InChI=1S/C15H18ClF3N4O4S2/c1-22-8-7-21-13(22)14(25,15(17,18)19)5-6-20-11(24)9-23(2)29(26,27)12-4-3-10(16)28-12/h3-4,7-8,25H,5-6,9H2,1-2H3,(H,20,24). The van der Waals surface area contributed by atoms with E-state index in [-0.39, 0.29) is 8.55 Å². The fourth-order valence-corrected chi connectivity index (χ4v) is 5.28. The van der Waals surface area contributed by atoms with Crippen molar-refractivity contribution in [2.24, 2.45) is 7.05 Å². The van der Waals surface area contributed by atoms with E-state index in [9.17, 15) is 31.5 Å². The Morgan fingerprint density at radius 3 is 2.55 bits per heavy atom. The largest absolute Gasteiger partial charge is 0.424 e. The van der Waals surface area contributed by atoms with Gasteiger partial charge in [-0.2, -0.15) is 17.5 Å². The Morgan fingerprint density at radius 1 is 1.41 bits per heavy atom. The summed E-state index contributed by atoms with van der Waals surface area (Å²) in [5, 5.41) is 12.4. The summed E-state index contributed by atoms with van der Waals surface area (Å²) in [6.07, 6.45) is -3.57. The normalized spacial score (nSPS) is 14.8. The van der Waals surface area contributed by atoms with Gasteiger partial charge >= 0.3 is 6.18 Å². The Kier molecular flexibility index (Phi) is 7.00. The molecular weight excluding hydrogens is 457 g/mol. The van der Waals surface area contributed by atoms with E-state index in [2.05, 4.69) is 10.3 Å². The lowest BCUT2D eigenvalue weighted by Crippen LogP contribution is -2.47. The molecule has 0 aliphatic heterocycles. The predicted molar refractivity (Wildman–Crippen MR) is 99.9 cm³/mol. The lowest BCUT2D eigenvalue weighted by atomic mass is 9.97.